The Morgan fingerprint density at radius 2 is 2.12 bits per heavy atom. The Kier molecular flexibility index (Phi) is 4.46. The van der Waals surface area contributed by atoms with E-state index in [4.69, 9.17) is 11.6 Å². The SMILES string of the molecule is O=C(CC1CCCC1)Nn1cnc2c(cnn2-c2cccc(Cl)c2)c1=O. The second-order valence-electron chi connectivity index (χ2n) is 6.58. The van der Waals surface area contributed by atoms with E-state index in [9.17, 15) is 9.59 Å². The van der Waals surface area contributed by atoms with Gasteiger partial charge in [-0.25, -0.2) is 14.3 Å². The highest BCUT2D eigenvalue weighted by atomic mass is 35.5. The van der Waals surface area contributed by atoms with Crippen LogP contribution in [0.1, 0.15) is 32.1 Å². The largest absolute Gasteiger partial charge is 0.283 e. The summed E-state index contributed by atoms with van der Waals surface area (Å²) in [5.74, 6) is 0.246. The van der Waals surface area contributed by atoms with E-state index in [1.807, 2.05) is 6.07 Å². The Hall–Kier alpha value is -2.67. The van der Waals surface area contributed by atoms with Gasteiger partial charge in [-0.1, -0.05) is 30.5 Å². The van der Waals surface area contributed by atoms with Gasteiger partial charge in [-0.15, -0.1) is 0 Å². The van der Waals surface area contributed by atoms with Crippen LogP contribution in [0.2, 0.25) is 5.02 Å². The van der Waals surface area contributed by atoms with Crippen molar-refractivity contribution in [3.63, 3.8) is 0 Å². The molecule has 1 amide bonds. The number of hydrogen-bond donors (Lipinski definition) is 1. The number of amides is 1. The number of carbonyl (C=O) groups is 1. The quantitative estimate of drug-likeness (QED) is 0.764. The molecule has 1 aliphatic rings. The maximum absolute atomic E-state index is 12.6. The Labute approximate surface area is 154 Å². The van der Waals surface area contributed by atoms with E-state index in [0.717, 1.165) is 17.5 Å². The second-order valence-corrected chi connectivity index (χ2v) is 7.02. The lowest BCUT2D eigenvalue weighted by Crippen LogP contribution is -2.33. The van der Waals surface area contributed by atoms with Crippen LogP contribution >= 0.6 is 11.6 Å². The molecule has 3 aromatic rings. The maximum Gasteiger partial charge on any atom is 0.283 e. The summed E-state index contributed by atoms with van der Waals surface area (Å²) < 4.78 is 2.68. The van der Waals surface area contributed by atoms with E-state index in [1.54, 1.807) is 22.9 Å². The van der Waals surface area contributed by atoms with E-state index in [0.29, 0.717) is 34.1 Å². The molecule has 2 aromatic heterocycles. The summed E-state index contributed by atoms with van der Waals surface area (Å²) in [5, 5.41) is 5.14. The fraction of sp³-hybridized carbons (Fsp3) is 0.333. The standard InChI is InChI=1S/C18H18ClN5O2/c19-13-6-3-7-14(9-13)24-17-15(10-21-24)18(26)23(11-20-17)22-16(25)8-12-4-1-2-5-12/h3,6-7,9-12H,1-2,4-5,8H2,(H,22,25). The fourth-order valence-corrected chi connectivity index (χ4v) is 3.63. The van der Waals surface area contributed by atoms with Crippen molar-refractivity contribution in [3.8, 4) is 5.69 Å². The predicted molar refractivity (Wildman–Crippen MR) is 99.1 cm³/mol. The van der Waals surface area contributed by atoms with Crippen LogP contribution < -0.4 is 11.0 Å². The number of benzene rings is 1. The fourth-order valence-electron chi connectivity index (χ4n) is 3.44. The predicted octanol–water partition coefficient (Wildman–Crippen LogP) is 2.89. The number of nitrogens with one attached hydrogen (secondary N) is 1. The molecule has 1 N–H and O–H groups in total. The molecule has 1 saturated carbocycles. The number of nitrogens with zero attached hydrogens (tertiary/aromatic N) is 4. The summed E-state index contributed by atoms with van der Waals surface area (Å²) in [6.07, 6.45) is 7.71. The van der Waals surface area contributed by atoms with Gasteiger partial charge in [0, 0.05) is 11.4 Å². The number of fused-ring (bicyclic) bond motifs is 1. The first-order valence-electron chi connectivity index (χ1n) is 8.63. The molecule has 0 saturated heterocycles. The zero-order valence-electron chi connectivity index (χ0n) is 14.1. The highest BCUT2D eigenvalue weighted by molar-refractivity contribution is 6.30. The average molecular weight is 372 g/mol. The summed E-state index contributed by atoms with van der Waals surface area (Å²) in [6, 6.07) is 7.13. The van der Waals surface area contributed by atoms with Gasteiger partial charge in [0.25, 0.3) is 5.56 Å². The van der Waals surface area contributed by atoms with Crippen LogP contribution in [0.4, 0.5) is 0 Å². The molecule has 134 valence electrons. The lowest BCUT2D eigenvalue weighted by atomic mass is 10.0. The monoisotopic (exact) mass is 371 g/mol. The van der Waals surface area contributed by atoms with Gasteiger partial charge < -0.3 is 0 Å². The zero-order chi connectivity index (χ0) is 18.1. The van der Waals surface area contributed by atoms with Gasteiger partial charge >= 0.3 is 0 Å². The van der Waals surface area contributed by atoms with Gasteiger partial charge in [0.05, 0.1) is 11.9 Å². The third-order valence-corrected chi connectivity index (χ3v) is 4.97. The lowest BCUT2D eigenvalue weighted by molar-refractivity contribution is -0.118. The minimum atomic E-state index is -0.358. The molecule has 1 fully saturated rings. The molecular formula is C18H18ClN5O2. The summed E-state index contributed by atoms with van der Waals surface area (Å²) in [6.45, 7) is 0. The Morgan fingerprint density at radius 3 is 2.88 bits per heavy atom. The van der Waals surface area contributed by atoms with Crippen molar-refractivity contribution in [3.05, 3.63) is 52.2 Å². The van der Waals surface area contributed by atoms with Crippen LogP contribution in [-0.4, -0.2) is 25.3 Å². The first kappa shape index (κ1) is 16.8. The van der Waals surface area contributed by atoms with Crippen molar-refractivity contribution in [1.29, 1.82) is 0 Å². The molecule has 2 heterocycles. The summed E-state index contributed by atoms with van der Waals surface area (Å²) in [7, 11) is 0. The normalized spacial score (nSPS) is 14.8. The minimum Gasteiger partial charge on any atom is -0.273 e. The molecule has 8 heteroatoms. The van der Waals surface area contributed by atoms with Crippen LogP contribution in [0.15, 0.2) is 41.6 Å². The third kappa shape index (κ3) is 3.22. The summed E-state index contributed by atoms with van der Waals surface area (Å²) in [4.78, 5) is 29.1. The Balaban J connectivity index is 1.61. The third-order valence-electron chi connectivity index (χ3n) is 4.74. The van der Waals surface area contributed by atoms with Crippen molar-refractivity contribution in [2.45, 2.75) is 32.1 Å². The average Bonchev–Trinajstić information content (AvgIpc) is 3.27. The van der Waals surface area contributed by atoms with Crippen molar-refractivity contribution < 1.29 is 4.79 Å². The summed E-state index contributed by atoms with van der Waals surface area (Å²) >= 11 is 6.02. The molecule has 0 aliphatic heterocycles. The topological polar surface area (TPSA) is 81.8 Å². The molecule has 0 atom stereocenters. The number of hydrogen-bond acceptors (Lipinski definition) is 4. The molecule has 0 unspecified atom stereocenters. The first-order valence-corrected chi connectivity index (χ1v) is 9.01. The van der Waals surface area contributed by atoms with Crippen molar-refractivity contribution in [2.75, 3.05) is 5.43 Å². The van der Waals surface area contributed by atoms with Gasteiger partial charge in [-0.3, -0.25) is 15.0 Å². The van der Waals surface area contributed by atoms with Gasteiger partial charge in [0.15, 0.2) is 5.65 Å². The van der Waals surface area contributed by atoms with Crippen LogP contribution in [0, 0.1) is 5.92 Å². The van der Waals surface area contributed by atoms with E-state index in [-0.39, 0.29) is 11.5 Å². The number of carbonyl (C=O) groups excluding carboxylic acids is 1. The van der Waals surface area contributed by atoms with E-state index < -0.39 is 0 Å². The van der Waals surface area contributed by atoms with Crippen molar-refractivity contribution in [2.24, 2.45) is 5.92 Å². The highest BCUT2D eigenvalue weighted by Gasteiger charge is 2.19. The van der Waals surface area contributed by atoms with Crippen LogP contribution in [0.3, 0.4) is 0 Å². The van der Waals surface area contributed by atoms with Gasteiger partial charge in [0.1, 0.15) is 11.7 Å². The Bertz CT molecular complexity index is 1020. The zero-order valence-corrected chi connectivity index (χ0v) is 14.8. The van der Waals surface area contributed by atoms with Crippen LogP contribution in [0.5, 0.6) is 0 Å². The number of halogens is 1. The molecule has 0 spiro atoms. The smallest absolute Gasteiger partial charge is 0.273 e. The Morgan fingerprint density at radius 1 is 1.31 bits per heavy atom. The second kappa shape index (κ2) is 6.92. The maximum atomic E-state index is 12.6. The number of rotatable bonds is 4. The number of aromatic nitrogens is 4. The first-order chi connectivity index (χ1) is 12.6. The lowest BCUT2D eigenvalue weighted by Gasteiger charge is -2.11. The molecule has 0 radical (unpaired) electrons. The van der Waals surface area contributed by atoms with Crippen molar-refractivity contribution >= 4 is 28.5 Å². The molecule has 0 bridgehead atoms. The van der Waals surface area contributed by atoms with Crippen LogP contribution in [-0.2, 0) is 4.79 Å². The van der Waals surface area contributed by atoms with Gasteiger partial charge in [-0.05, 0) is 37.0 Å². The molecule has 1 aliphatic carbocycles. The minimum absolute atomic E-state index is 0.164. The van der Waals surface area contributed by atoms with E-state index in [2.05, 4.69) is 15.5 Å². The van der Waals surface area contributed by atoms with Crippen molar-refractivity contribution in [1.82, 2.24) is 19.4 Å². The van der Waals surface area contributed by atoms with Gasteiger partial charge in [-0.2, -0.15) is 5.10 Å². The molecule has 26 heavy (non-hydrogen) atoms. The molecule has 1 aromatic carbocycles. The van der Waals surface area contributed by atoms with E-state index >= 15 is 0 Å². The molecular weight excluding hydrogens is 354 g/mol. The molecule has 7 nitrogen and oxygen atoms in total. The molecule has 4 rings (SSSR count). The summed E-state index contributed by atoms with van der Waals surface area (Å²) in [5.41, 5.74) is 3.40. The highest BCUT2D eigenvalue weighted by Crippen LogP contribution is 2.27. The van der Waals surface area contributed by atoms with Gasteiger partial charge in [0.2, 0.25) is 5.91 Å². The van der Waals surface area contributed by atoms with Crippen LogP contribution in [0.25, 0.3) is 16.7 Å². The van der Waals surface area contributed by atoms with E-state index in [1.165, 1.54) is 25.4 Å².